The van der Waals surface area contributed by atoms with E-state index in [1.807, 2.05) is 0 Å². The van der Waals surface area contributed by atoms with Crippen molar-refractivity contribution in [3.63, 3.8) is 0 Å². The Bertz CT molecular complexity index is 89.7. The van der Waals surface area contributed by atoms with Crippen molar-refractivity contribution in [1.82, 2.24) is 0 Å². The molecule has 0 aliphatic heterocycles. The van der Waals surface area contributed by atoms with Crippen LogP contribution in [0.4, 0.5) is 0 Å². The van der Waals surface area contributed by atoms with Crippen molar-refractivity contribution in [1.29, 1.82) is 0 Å². The van der Waals surface area contributed by atoms with Crippen LogP contribution in [0.3, 0.4) is 0 Å². The van der Waals surface area contributed by atoms with Gasteiger partial charge in [0.2, 0.25) is 0 Å². The second-order valence-corrected chi connectivity index (χ2v) is 2.56. The Labute approximate surface area is 42.0 Å². The predicted octanol–water partition coefficient (Wildman–Crippen LogP) is -0.921. The monoisotopic (exact) mass is 129 g/mol. The van der Waals surface area contributed by atoms with Crippen molar-refractivity contribution in [2.45, 2.75) is 4.83 Å². The number of halogens is 1. The van der Waals surface area contributed by atoms with Gasteiger partial charge in [0, 0.05) is 0 Å². The molecule has 3 nitrogen and oxygen atoms in total. The lowest BCUT2D eigenvalue weighted by Crippen LogP contribution is -2.12. The summed E-state index contributed by atoms with van der Waals surface area (Å²) in [5.41, 5.74) is 4.60. The van der Waals surface area contributed by atoms with Gasteiger partial charge in [0.25, 0.3) is 0 Å². The van der Waals surface area contributed by atoms with Gasteiger partial charge in [-0.1, -0.05) is 11.6 Å². The van der Waals surface area contributed by atoms with Gasteiger partial charge in [-0.15, -0.1) is 0 Å². The van der Waals surface area contributed by atoms with Gasteiger partial charge >= 0.3 is 0 Å². The smallest absolute Gasteiger partial charge is 0.180 e. The van der Waals surface area contributed by atoms with Crippen molar-refractivity contribution < 1.29 is 8.42 Å². The van der Waals surface area contributed by atoms with Gasteiger partial charge in [-0.25, -0.2) is 8.42 Å². The number of alkyl halides is 1. The molecule has 0 aromatic heterocycles. The summed E-state index contributed by atoms with van der Waals surface area (Å²) in [7, 11) is -2.62. The van der Waals surface area contributed by atoms with E-state index in [9.17, 15) is 8.42 Å². The normalized spacial score (nSPS) is 15.2. The van der Waals surface area contributed by atoms with Crippen LogP contribution in [0.1, 0.15) is 0 Å². The molecule has 0 spiro atoms. The molecule has 0 aromatic carbocycles. The Morgan fingerprint density at radius 2 is 1.83 bits per heavy atom. The molecule has 38 valence electrons. The third-order valence-corrected chi connectivity index (χ3v) is 1.08. The maximum absolute atomic E-state index is 9.48. The highest BCUT2D eigenvalue weighted by molar-refractivity contribution is 7.74. The van der Waals surface area contributed by atoms with Gasteiger partial charge in [-0.05, 0) is 0 Å². The quantitative estimate of drug-likeness (QED) is 0.274. The molecular formula is CH4ClNO2S. The predicted molar refractivity (Wildman–Crippen MR) is 24.1 cm³/mol. The maximum Gasteiger partial charge on any atom is 0.180 e. The first-order valence-corrected chi connectivity index (χ1v) is 2.86. The Morgan fingerprint density at radius 3 is 1.83 bits per heavy atom. The Balaban J connectivity index is 3.57. The van der Waals surface area contributed by atoms with E-state index in [2.05, 4.69) is 5.73 Å². The summed E-state index contributed by atoms with van der Waals surface area (Å²) >= 11 is 4.79. The molecule has 0 aromatic rings. The second-order valence-electron chi connectivity index (χ2n) is 0.658. The van der Waals surface area contributed by atoms with Crippen LogP contribution in [0.15, 0.2) is 0 Å². The molecule has 0 bridgehead atoms. The molecule has 0 saturated carbocycles. The first-order chi connectivity index (χ1) is 2.64. The van der Waals surface area contributed by atoms with Gasteiger partial charge in [0.15, 0.2) is 15.5 Å². The molecule has 6 heavy (non-hydrogen) atoms. The van der Waals surface area contributed by atoms with Crippen molar-refractivity contribution in [3.05, 3.63) is 0 Å². The standard InChI is InChI=1S/CH4ClNO2S/c2-1(3)6(4)5/h1,6H,3H2. The summed E-state index contributed by atoms with van der Waals surface area (Å²) in [4.78, 5) is -1.22. The first kappa shape index (κ1) is 6.20. The van der Waals surface area contributed by atoms with Gasteiger partial charge in [-0.3, -0.25) is 0 Å². The largest absolute Gasteiger partial charge is 0.303 e. The minimum atomic E-state index is -2.62. The molecule has 0 radical (unpaired) electrons. The summed E-state index contributed by atoms with van der Waals surface area (Å²) in [6, 6.07) is 0. The van der Waals surface area contributed by atoms with Gasteiger partial charge in [0.1, 0.15) is 0 Å². The zero-order chi connectivity index (χ0) is 5.15. The Kier molecular flexibility index (Phi) is 2.47. The number of hydrogen-bond donors (Lipinski definition) is 2. The van der Waals surface area contributed by atoms with Crippen molar-refractivity contribution in [2.75, 3.05) is 0 Å². The third kappa shape index (κ3) is 2.44. The van der Waals surface area contributed by atoms with Crippen LogP contribution in [0.25, 0.3) is 0 Å². The van der Waals surface area contributed by atoms with Crippen molar-refractivity contribution in [2.24, 2.45) is 5.73 Å². The molecule has 1 unspecified atom stereocenters. The zero-order valence-electron chi connectivity index (χ0n) is 2.80. The molecule has 0 rings (SSSR count). The number of nitrogens with two attached hydrogens (primary N) is 1. The van der Waals surface area contributed by atoms with Gasteiger partial charge in [-0.2, -0.15) is 0 Å². The van der Waals surface area contributed by atoms with Gasteiger partial charge < -0.3 is 5.73 Å². The fraction of sp³-hybridized carbons (Fsp3) is 1.00. The van der Waals surface area contributed by atoms with Crippen LogP contribution in [0.2, 0.25) is 0 Å². The van der Waals surface area contributed by atoms with Crippen molar-refractivity contribution in [3.8, 4) is 0 Å². The summed E-state index contributed by atoms with van der Waals surface area (Å²) < 4.78 is 19.0. The molecule has 0 amide bonds. The van der Waals surface area contributed by atoms with E-state index >= 15 is 0 Å². The van der Waals surface area contributed by atoms with Gasteiger partial charge in [0.05, 0.1) is 0 Å². The maximum atomic E-state index is 9.48. The fourth-order valence-electron chi connectivity index (χ4n) is 0. The topological polar surface area (TPSA) is 60.2 Å². The molecular weight excluding hydrogens is 126 g/mol. The van der Waals surface area contributed by atoms with Crippen LogP contribution < -0.4 is 5.73 Å². The van der Waals surface area contributed by atoms with Crippen LogP contribution >= 0.6 is 11.6 Å². The minimum Gasteiger partial charge on any atom is -0.303 e. The average Bonchev–Trinajstić information content (AvgIpc) is 1.36. The van der Waals surface area contributed by atoms with Crippen LogP contribution in [-0.4, -0.2) is 13.3 Å². The summed E-state index contributed by atoms with van der Waals surface area (Å²) in [6.07, 6.45) is 0. The average molecular weight is 130 g/mol. The summed E-state index contributed by atoms with van der Waals surface area (Å²) in [5, 5.41) is 0. The lowest BCUT2D eigenvalue weighted by atomic mass is 11.5. The van der Waals surface area contributed by atoms with Crippen LogP contribution in [0, 0.1) is 0 Å². The minimum absolute atomic E-state index is 1.22. The van der Waals surface area contributed by atoms with Crippen molar-refractivity contribution >= 4 is 22.3 Å². The molecule has 0 heterocycles. The number of thiol groups is 1. The lowest BCUT2D eigenvalue weighted by Gasteiger charge is -1.81. The fourth-order valence-corrected chi connectivity index (χ4v) is 0. The molecule has 0 fully saturated rings. The van der Waals surface area contributed by atoms with E-state index < -0.39 is 15.5 Å². The van der Waals surface area contributed by atoms with Crippen LogP contribution in [-0.2, 0) is 10.7 Å². The highest BCUT2D eigenvalue weighted by Gasteiger charge is 1.92. The van der Waals surface area contributed by atoms with E-state index in [-0.39, 0.29) is 0 Å². The molecule has 0 saturated heterocycles. The van der Waals surface area contributed by atoms with E-state index in [0.717, 1.165) is 0 Å². The Morgan fingerprint density at radius 1 is 1.67 bits per heavy atom. The first-order valence-electron chi connectivity index (χ1n) is 1.17. The molecule has 1 atom stereocenters. The molecule has 2 N–H and O–H groups in total. The second kappa shape index (κ2) is 2.39. The zero-order valence-corrected chi connectivity index (χ0v) is 4.45. The SMILES string of the molecule is NC(Cl)[SH](=O)=O. The molecule has 0 aliphatic carbocycles. The van der Waals surface area contributed by atoms with E-state index in [4.69, 9.17) is 11.6 Å². The van der Waals surface area contributed by atoms with E-state index in [1.54, 1.807) is 0 Å². The molecule has 5 heteroatoms. The molecule has 0 aliphatic rings. The Hall–Kier alpha value is 0.200. The highest BCUT2D eigenvalue weighted by Crippen LogP contribution is 1.80. The summed E-state index contributed by atoms with van der Waals surface area (Å²) in [5.74, 6) is 0. The third-order valence-electron chi connectivity index (χ3n) is 0.201. The van der Waals surface area contributed by atoms with E-state index in [0.29, 0.717) is 0 Å². The van der Waals surface area contributed by atoms with Crippen LogP contribution in [0.5, 0.6) is 0 Å². The number of rotatable bonds is 1. The lowest BCUT2D eigenvalue weighted by molar-refractivity contribution is 0.612. The van der Waals surface area contributed by atoms with E-state index in [1.165, 1.54) is 0 Å². The number of hydrogen-bond acceptors (Lipinski definition) is 3. The summed E-state index contributed by atoms with van der Waals surface area (Å²) in [6.45, 7) is 0. The highest BCUT2D eigenvalue weighted by atomic mass is 35.5.